The SMILES string of the molecule is COC(=O)[C@@H]1CCCN1C(=O)[C@@H]1CCCN1C(=O)[C@@H](N)CCSC. The largest absolute Gasteiger partial charge is 0.467 e. The van der Waals surface area contributed by atoms with Crippen LogP contribution in [0, 0.1) is 0 Å². The van der Waals surface area contributed by atoms with E-state index < -0.39 is 18.1 Å². The summed E-state index contributed by atoms with van der Waals surface area (Å²) in [6.45, 7) is 1.09. The average Bonchev–Trinajstić information content (AvgIpc) is 3.26. The Labute approximate surface area is 147 Å². The van der Waals surface area contributed by atoms with Gasteiger partial charge in [0.2, 0.25) is 11.8 Å². The molecule has 8 heteroatoms. The van der Waals surface area contributed by atoms with E-state index in [0.717, 1.165) is 18.6 Å². The molecule has 2 aliphatic rings. The third kappa shape index (κ3) is 4.03. The Morgan fingerprint density at radius 2 is 1.79 bits per heavy atom. The van der Waals surface area contributed by atoms with Crippen molar-refractivity contribution in [2.24, 2.45) is 5.73 Å². The molecule has 2 saturated heterocycles. The molecule has 0 aromatic heterocycles. The van der Waals surface area contributed by atoms with Gasteiger partial charge in [-0.05, 0) is 44.1 Å². The summed E-state index contributed by atoms with van der Waals surface area (Å²) >= 11 is 1.65. The van der Waals surface area contributed by atoms with Crippen LogP contribution in [-0.4, -0.2) is 77.9 Å². The van der Waals surface area contributed by atoms with Gasteiger partial charge in [0.15, 0.2) is 0 Å². The molecular weight excluding hydrogens is 330 g/mol. The number of methoxy groups -OCH3 is 1. The summed E-state index contributed by atoms with van der Waals surface area (Å²) in [6, 6.07) is -1.59. The second-order valence-corrected chi connectivity index (χ2v) is 7.28. The van der Waals surface area contributed by atoms with Crippen LogP contribution in [0.2, 0.25) is 0 Å². The summed E-state index contributed by atoms with van der Waals surface area (Å²) in [5.74, 6) is 0.128. The summed E-state index contributed by atoms with van der Waals surface area (Å²) < 4.78 is 4.80. The van der Waals surface area contributed by atoms with E-state index >= 15 is 0 Å². The second-order valence-electron chi connectivity index (χ2n) is 6.29. The van der Waals surface area contributed by atoms with Gasteiger partial charge in [-0.15, -0.1) is 0 Å². The highest BCUT2D eigenvalue weighted by Crippen LogP contribution is 2.26. The first-order valence-corrected chi connectivity index (χ1v) is 9.84. The molecule has 0 aromatic rings. The Morgan fingerprint density at radius 1 is 1.17 bits per heavy atom. The fourth-order valence-corrected chi connectivity index (χ4v) is 3.96. The lowest BCUT2D eigenvalue weighted by molar-refractivity contribution is -0.153. The van der Waals surface area contributed by atoms with Crippen LogP contribution in [0.25, 0.3) is 0 Å². The molecule has 2 rings (SSSR count). The van der Waals surface area contributed by atoms with Crippen molar-refractivity contribution in [3.05, 3.63) is 0 Å². The average molecular weight is 357 g/mol. The van der Waals surface area contributed by atoms with Crippen LogP contribution >= 0.6 is 11.8 Å². The third-order valence-corrected chi connectivity index (χ3v) is 5.42. The lowest BCUT2D eigenvalue weighted by Gasteiger charge is -2.31. The number of hydrogen-bond donors (Lipinski definition) is 1. The van der Waals surface area contributed by atoms with Gasteiger partial charge in [-0.2, -0.15) is 11.8 Å². The Kier molecular flexibility index (Phi) is 6.91. The highest BCUT2D eigenvalue weighted by molar-refractivity contribution is 7.98. The molecule has 136 valence electrons. The molecule has 3 atom stereocenters. The maximum Gasteiger partial charge on any atom is 0.328 e. The summed E-state index contributed by atoms with van der Waals surface area (Å²) in [6.07, 6.45) is 5.38. The quantitative estimate of drug-likeness (QED) is 0.684. The molecule has 0 bridgehead atoms. The van der Waals surface area contributed by atoms with E-state index in [4.69, 9.17) is 10.5 Å². The normalized spacial score (nSPS) is 25.0. The van der Waals surface area contributed by atoms with Gasteiger partial charge < -0.3 is 20.3 Å². The number of carbonyl (C=O) groups excluding carboxylic acids is 3. The highest BCUT2D eigenvalue weighted by Gasteiger charge is 2.43. The van der Waals surface area contributed by atoms with E-state index in [1.165, 1.54) is 7.11 Å². The number of likely N-dealkylation sites (tertiary alicyclic amines) is 2. The summed E-state index contributed by atoms with van der Waals surface area (Å²) in [5.41, 5.74) is 5.99. The first kappa shape index (κ1) is 19.1. The van der Waals surface area contributed by atoms with Gasteiger partial charge in [-0.25, -0.2) is 4.79 Å². The van der Waals surface area contributed by atoms with E-state index in [1.54, 1.807) is 21.6 Å². The molecule has 0 spiro atoms. The Balaban J connectivity index is 2.05. The molecule has 0 saturated carbocycles. The van der Waals surface area contributed by atoms with Gasteiger partial charge in [0.25, 0.3) is 0 Å². The van der Waals surface area contributed by atoms with E-state index in [2.05, 4.69) is 0 Å². The first-order valence-electron chi connectivity index (χ1n) is 8.44. The first-order chi connectivity index (χ1) is 11.5. The van der Waals surface area contributed by atoms with Crippen molar-refractivity contribution in [3.8, 4) is 0 Å². The van der Waals surface area contributed by atoms with Gasteiger partial charge in [-0.1, -0.05) is 0 Å². The lowest BCUT2D eigenvalue weighted by Crippen LogP contribution is -2.54. The predicted octanol–water partition coefficient (Wildman–Crippen LogP) is 0.222. The highest BCUT2D eigenvalue weighted by atomic mass is 32.2. The van der Waals surface area contributed by atoms with Crippen LogP contribution in [0.1, 0.15) is 32.1 Å². The molecule has 2 fully saturated rings. The number of carbonyl (C=O) groups is 3. The maximum absolute atomic E-state index is 12.9. The van der Waals surface area contributed by atoms with E-state index in [1.807, 2.05) is 6.26 Å². The van der Waals surface area contributed by atoms with Gasteiger partial charge in [0.1, 0.15) is 12.1 Å². The number of esters is 1. The van der Waals surface area contributed by atoms with Crippen molar-refractivity contribution in [1.82, 2.24) is 9.80 Å². The molecule has 7 nitrogen and oxygen atoms in total. The zero-order valence-electron chi connectivity index (χ0n) is 14.4. The van der Waals surface area contributed by atoms with Crippen molar-refractivity contribution >= 4 is 29.5 Å². The van der Waals surface area contributed by atoms with Crippen molar-refractivity contribution in [2.75, 3.05) is 32.2 Å². The molecule has 2 N–H and O–H groups in total. The minimum atomic E-state index is -0.569. The lowest BCUT2D eigenvalue weighted by atomic mass is 10.1. The van der Waals surface area contributed by atoms with Crippen LogP contribution < -0.4 is 5.73 Å². The molecule has 0 unspecified atom stereocenters. The topological polar surface area (TPSA) is 92.9 Å². The van der Waals surface area contributed by atoms with E-state index in [-0.39, 0.29) is 17.8 Å². The van der Waals surface area contributed by atoms with Crippen LogP contribution in [0.15, 0.2) is 0 Å². The number of hydrogen-bond acceptors (Lipinski definition) is 6. The number of amides is 2. The zero-order valence-corrected chi connectivity index (χ0v) is 15.2. The monoisotopic (exact) mass is 357 g/mol. The minimum absolute atomic E-state index is 0.147. The van der Waals surface area contributed by atoms with Crippen LogP contribution in [0.4, 0.5) is 0 Å². The number of ether oxygens (including phenoxy) is 1. The van der Waals surface area contributed by atoms with Crippen LogP contribution in [0.3, 0.4) is 0 Å². The molecule has 24 heavy (non-hydrogen) atoms. The standard InChI is InChI=1S/C16H27N3O4S/c1-23-16(22)13-6-4-9-19(13)15(21)12-5-3-8-18(12)14(20)11(17)7-10-24-2/h11-13H,3-10,17H2,1-2H3/t11-,12-,13-/m0/s1. The zero-order chi connectivity index (χ0) is 17.7. The number of thioether (sulfide) groups is 1. The van der Waals surface area contributed by atoms with Crippen molar-refractivity contribution in [1.29, 1.82) is 0 Å². The van der Waals surface area contributed by atoms with Gasteiger partial charge in [0, 0.05) is 13.1 Å². The van der Waals surface area contributed by atoms with Gasteiger partial charge in [-0.3, -0.25) is 9.59 Å². The fraction of sp³-hybridized carbons (Fsp3) is 0.812. The number of nitrogens with two attached hydrogens (primary N) is 1. The molecule has 2 aliphatic heterocycles. The van der Waals surface area contributed by atoms with E-state index in [0.29, 0.717) is 32.4 Å². The Morgan fingerprint density at radius 3 is 2.42 bits per heavy atom. The van der Waals surface area contributed by atoms with E-state index in [9.17, 15) is 14.4 Å². The van der Waals surface area contributed by atoms with Crippen molar-refractivity contribution < 1.29 is 19.1 Å². The van der Waals surface area contributed by atoms with Crippen molar-refractivity contribution in [2.45, 2.75) is 50.2 Å². The summed E-state index contributed by atoms with van der Waals surface area (Å²) in [4.78, 5) is 40.5. The molecular formula is C16H27N3O4S. The molecule has 2 heterocycles. The summed E-state index contributed by atoms with van der Waals surface area (Å²) in [7, 11) is 1.33. The molecule has 0 aromatic carbocycles. The maximum atomic E-state index is 12.9. The van der Waals surface area contributed by atoms with Crippen LogP contribution in [-0.2, 0) is 19.1 Å². The molecule has 0 radical (unpaired) electrons. The van der Waals surface area contributed by atoms with Crippen LogP contribution in [0.5, 0.6) is 0 Å². The molecule has 0 aliphatic carbocycles. The third-order valence-electron chi connectivity index (χ3n) is 4.78. The number of rotatable bonds is 6. The van der Waals surface area contributed by atoms with Gasteiger partial charge >= 0.3 is 5.97 Å². The van der Waals surface area contributed by atoms with Crippen molar-refractivity contribution in [3.63, 3.8) is 0 Å². The molecule has 2 amide bonds. The smallest absolute Gasteiger partial charge is 0.328 e. The number of nitrogens with zero attached hydrogens (tertiary/aromatic N) is 2. The predicted molar refractivity (Wildman–Crippen MR) is 92.5 cm³/mol. The summed E-state index contributed by atoms with van der Waals surface area (Å²) in [5, 5.41) is 0. The fourth-order valence-electron chi connectivity index (χ4n) is 3.47. The minimum Gasteiger partial charge on any atom is -0.467 e. The van der Waals surface area contributed by atoms with Gasteiger partial charge in [0.05, 0.1) is 13.2 Å². The second kappa shape index (κ2) is 8.71. The Bertz CT molecular complexity index is 488. The Hall–Kier alpha value is -1.28.